The number of para-hydroxylation sites is 1. The molecule has 0 saturated heterocycles. The number of aryl methyl sites for hydroxylation is 1. The standard InChI is InChI=1S/C16H20N2O2/c1-12(9-10-19)17-16(20)8-7-13-11-18(2)15-6-4-3-5-14(13)15/h3-8,11-12,19H,9-10H2,1-2H3,(H,17,20)/b8-7+. The summed E-state index contributed by atoms with van der Waals surface area (Å²) in [5, 5.41) is 12.7. The third kappa shape index (κ3) is 3.27. The normalized spacial score (nSPS) is 12.9. The molecule has 1 aromatic heterocycles. The first kappa shape index (κ1) is 14.3. The van der Waals surface area contributed by atoms with Crippen molar-refractivity contribution in [3.05, 3.63) is 42.1 Å². The van der Waals surface area contributed by atoms with Gasteiger partial charge in [-0.15, -0.1) is 0 Å². The Balaban J connectivity index is 2.12. The summed E-state index contributed by atoms with van der Waals surface area (Å²) in [7, 11) is 1.99. The molecule has 106 valence electrons. The summed E-state index contributed by atoms with van der Waals surface area (Å²) in [4.78, 5) is 11.8. The summed E-state index contributed by atoms with van der Waals surface area (Å²) < 4.78 is 2.04. The van der Waals surface area contributed by atoms with Crippen LogP contribution in [0.4, 0.5) is 0 Å². The van der Waals surface area contributed by atoms with E-state index in [4.69, 9.17) is 5.11 Å². The number of nitrogens with one attached hydrogen (secondary N) is 1. The van der Waals surface area contributed by atoms with Crippen LogP contribution in [0.3, 0.4) is 0 Å². The number of aliphatic hydroxyl groups is 1. The van der Waals surface area contributed by atoms with E-state index in [0.29, 0.717) is 6.42 Å². The fourth-order valence-electron chi connectivity index (χ4n) is 2.23. The molecule has 0 saturated carbocycles. The van der Waals surface area contributed by atoms with Gasteiger partial charge in [-0.3, -0.25) is 4.79 Å². The molecule has 4 heteroatoms. The lowest BCUT2D eigenvalue weighted by molar-refractivity contribution is -0.117. The largest absolute Gasteiger partial charge is 0.396 e. The lowest BCUT2D eigenvalue weighted by Crippen LogP contribution is -2.31. The number of aliphatic hydroxyl groups excluding tert-OH is 1. The van der Waals surface area contributed by atoms with Crippen LogP contribution in [0.2, 0.25) is 0 Å². The minimum absolute atomic E-state index is 0.0235. The molecule has 2 N–H and O–H groups in total. The second kappa shape index (κ2) is 6.39. The highest BCUT2D eigenvalue weighted by Crippen LogP contribution is 2.21. The zero-order valence-corrected chi connectivity index (χ0v) is 11.8. The van der Waals surface area contributed by atoms with Gasteiger partial charge in [-0.2, -0.15) is 0 Å². The molecule has 1 heterocycles. The number of fused-ring (bicyclic) bond motifs is 1. The maximum Gasteiger partial charge on any atom is 0.244 e. The molecule has 1 amide bonds. The average Bonchev–Trinajstić information content (AvgIpc) is 2.74. The predicted molar refractivity (Wildman–Crippen MR) is 81.3 cm³/mol. The maximum absolute atomic E-state index is 11.8. The van der Waals surface area contributed by atoms with Gasteiger partial charge in [0.25, 0.3) is 0 Å². The van der Waals surface area contributed by atoms with Crippen LogP contribution in [-0.2, 0) is 11.8 Å². The van der Waals surface area contributed by atoms with Gasteiger partial charge >= 0.3 is 0 Å². The van der Waals surface area contributed by atoms with Gasteiger partial charge in [-0.1, -0.05) is 18.2 Å². The van der Waals surface area contributed by atoms with Crippen molar-refractivity contribution in [3.63, 3.8) is 0 Å². The Bertz CT molecular complexity index is 628. The number of rotatable bonds is 5. The molecule has 1 unspecified atom stereocenters. The van der Waals surface area contributed by atoms with Gasteiger partial charge in [0.2, 0.25) is 5.91 Å². The molecule has 2 aromatic rings. The number of amides is 1. The van der Waals surface area contributed by atoms with E-state index in [1.165, 1.54) is 6.08 Å². The Morgan fingerprint density at radius 3 is 2.95 bits per heavy atom. The number of benzene rings is 1. The summed E-state index contributed by atoms with van der Waals surface area (Å²) in [5.41, 5.74) is 2.16. The Kier molecular flexibility index (Phi) is 4.58. The molecule has 20 heavy (non-hydrogen) atoms. The Labute approximate surface area is 118 Å². The third-order valence-electron chi connectivity index (χ3n) is 3.29. The molecular weight excluding hydrogens is 252 g/mol. The summed E-state index contributed by atoms with van der Waals surface area (Å²) in [5.74, 6) is -0.140. The van der Waals surface area contributed by atoms with Crippen molar-refractivity contribution < 1.29 is 9.90 Å². The minimum Gasteiger partial charge on any atom is -0.396 e. The van der Waals surface area contributed by atoms with Crippen molar-refractivity contribution in [2.75, 3.05) is 6.61 Å². The molecule has 0 fully saturated rings. The van der Waals surface area contributed by atoms with Crippen LogP contribution in [0, 0.1) is 0 Å². The van der Waals surface area contributed by atoms with Gasteiger partial charge in [0, 0.05) is 48.4 Å². The molecule has 2 rings (SSSR count). The maximum atomic E-state index is 11.8. The average molecular weight is 272 g/mol. The first-order chi connectivity index (χ1) is 9.61. The van der Waals surface area contributed by atoms with Crippen molar-refractivity contribution in [2.45, 2.75) is 19.4 Å². The highest BCUT2D eigenvalue weighted by molar-refractivity contribution is 5.96. The van der Waals surface area contributed by atoms with Crippen LogP contribution < -0.4 is 5.32 Å². The second-order valence-corrected chi connectivity index (χ2v) is 4.97. The zero-order valence-electron chi connectivity index (χ0n) is 11.8. The highest BCUT2D eigenvalue weighted by atomic mass is 16.3. The number of hydrogen-bond donors (Lipinski definition) is 2. The van der Waals surface area contributed by atoms with Gasteiger partial charge in [-0.05, 0) is 25.5 Å². The first-order valence-corrected chi connectivity index (χ1v) is 6.75. The van der Waals surface area contributed by atoms with E-state index in [1.54, 1.807) is 0 Å². The van der Waals surface area contributed by atoms with Crippen LogP contribution >= 0.6 is 0 Å². The molecule has 1 atom stereocenters. The molecule has 0 aliphatic rings. The van der Waals surface area contributed by atoms with E-state index in [2.05, 4.69) is 11.4 Å². The molecule has 0 radical (unpaired) electrons. The minimum atomic E-state index is -0.140. The van der Waals surface area contributed by atoms with Gasteiger partial charge in [0.1, 0.15) is 0 Å². The van der Waals surface area contributed by atoms with Crippen molar-refractivity contribution in [2.24, 2.45) is 7.05 Å². The third-order valence-corrected chi connectivity index (χ3v) is 3.29. The fraction of sp³-hybridized carbons (Fsp3) is 0.312. The van der Waals surface area contributed by atoms with Crippen LogP contribution in [0.15, 0.2) is 36.5 Å². The van der Waals surface area contributed by atoms with Crippen LogP contribution in [0.5, 0.6) is 0 Å². The quantitative estimate of drug-likeness (QED) is 0.819. The zero-order chi connectivity index (χ0) is 14.5. The first-order valence-electron chi connectivity index (χ1n) is 6.75. The lowest BCUT2D eigenvalue weighted by Gasteiger charge is -2.09. The van der Waals surface area contributed by atoms with E-state index >= 15 is 0 Å². The summed E-state index contributed by atoms with van der Waals surface area (Å²) >= 11 is 0. The molecule has 0 bridgehead atoms. The SMILES string of the molecule is CC(CCO)NC(=O)/C=C/c1cn(C)c2ccccc12. The lowest BCUT2D eigenvalue weighted by atomic mass is 10.1. The van der Waals surface area contributed by atoms with E-state index < -0.39 is 0 Å². The summed E-state index contributed by atoms with van der Waals surface area (Å²) in [6, 6.07) is 8.06. The number of carbonyl (C=O) groups is 1. The number of nitrogens with zero attached hydrogens (tertiary/aromatic N) is 1. The molecule has 0 spiro atoms. The highest BCUT2D eigenvalue weighted by Gasteiger charge is 2.05. The van der Waals surface area contributed by atoms with Crippen LogP contribution in [0.1, 0.15) is 18.9 Å². The van der Waals surface area contributed by atoms with Gasteiger partial charge in [0.15, 0.2) is 0 Å². The summed E-state index contributed by atoms with van der Waals surface area (Å²) in [6.07, 6.45) is 5.93. The van der Waals surface area contributed by atoms with E-state index in [0.717, 1.165) is 16.5 Å². The predicted octanol–water partition coefficient (Wildman–Crippen LogP) is 2.08. The molecular formula is C16H20N2O2. The van der Waals surface area contributed by atoms with Crippen LogP contribution in [-0.4, -0.2) is 28.2 Å². The fourth-order valence-corrected chi connectivity index (χ4v) is 2.23. The van der Waals surface area contributed by atoms with Crippen molar-refractivity contribution in [1.82, 2.24) is 9.88 Å². The van der Waals surface area contributed by atoms with Gasteiger partial charge in [0.05, 0.1) is 0 Å². The van der Waals surface area contributed by atoms with Crippen LogP contribution in [0.25, 0.3) is 17.0 Å². The van der Waals surface area contributed by atoms with E-state index in [9.17, 15) is 4.79 Å². The van der Waals surface area contributed by atoms with Crippen molar-refractivity contribution in [1.29, 1.82) is 0 Å². The molecule has 0 aliphatic heterocycles. The number of carbonyl (C=O) groups excluding carboxylic acids is 1. The second-order valence-electron chi connectivity index (χ2n) is 4.97. The van der Waals surface area contributed by atoms with Gasteiger partial charge < -0.3 is 15.0 Å². The van der Waals surface area contributed by atoms with E-state index in [-0.39, 0.29) is 18.6 Å². The topological polar surface area (TPSA) is 54.3 Å². The Hall–Kier alpha value is -2.07. The molecule has 4 nitrogen and oxygen atoms in total. The van der Waals surface area contributed by atoms with Crippen molar-refractivity contribution >= 4 is 22.9 Å². The van der Waals surface area contributed by atoms with E-state index in [1.807, 2.05) is 49.0 Å². The monoisotopic (exact) mass is 272 g/mol. The van der Waals surface area contributed by atoms with Crippen molar-refractivity contribution in [3.8, 4) is 0 Å². The Morgan fingerprint density at radius 2 is 2.20 bits per heavy atom. The smallest absolute Gasteiger partial charge is 0.244 e. The summed E-state index contributed by atoms with van der Waals surface area (Å²) in [6.45, 7) is 1.95. The Morgan fingerprint density at radius 1 is 1.45 bits per heavy atom. The molecule has 0 aliphatic carbocycles. The number of hydrogen-bond acceptors (Lipinski definition) is 2. The number of aromatic nitrogens is 1. The van der Waals surface area contributed by atoms with Gasteiger partial charge in [-0.25, -0.2) is 0 Å². The molecule has 1 aromatic carbocycles.